The van der Waals surface area contributed by atoms with Crippen molar-refractivity contribution in [2.45, 2.75) is 0 Å². The van der Waals surface area contributed by atoms with E-state index in [1.807, 2.05) is 17.0 Å². The molecular weight excluding hydrogens is 238 g/mol. The highest BCUT2D eigenvalue weighted by Crippen LogP contribution is 2.30. The highest BCUT2D eigenvalue weighted by molar-refractivity contribution is 6.30. The summed E-state index contributed by atoms with van der Waals surface area (Å²) in [5.41, 5.74) is 0.679. The van der Waals surface area contributed by atoms with E-state index in [0.29, 0.717) is 22.4 Å². The molecule has 4 heteroatoms. The molecule has 17 heavy (non-hydrogen) atoms. The first-order valence-electron chi connectivity index (χ1n) is 5.86. The zero-order chi connectivity index (χ0) is 11.8. The minimum Gasteiger partial charge on any atom is -0.381 e. The molecule has 1 amide bonds. The zero-order valence-electron chi connectivity index (χ0n) is 9.43. The topological polar surface area (TPSA) is 29.5 Å². The number of amides is 1. The average molecular weight is 252 g/mol. The van der Waals surface area contributed by atoms with Crippen molar-refractivity contribution in [3.8, 4) is 0 Å². The Bertz CT molecular complexity index is 437. The maximum absolute atomic E-state index is 12.3. The van der Waals surface area contributed by atoms with E-state index < -0.39 is 0 Å². The second-order valence-corrected chi connectivity index (χ2v) is 5.21. The van der Waals surface area contributed by atoms with E-state index in [-0.39, 0.29) is 5.91 Å². The van der Waals surface area contributed by atoms with Crippen LogP contribution in [-0.2, 0) is 4.74 Å². The number of nitrogens with zero attached hydrogens (tertiary/aromatic N) is 1. The average Bonchev–Trinajstić information content (AvgIpc) is 2.88. The Morgan fingerprint density at radius 1 is 1.29 bits per heavy atom. The predicted octanol–water partition coefficient (Wildman–Crippen LogP) is 2.06. The van der Waals surface area contributed by atoms with Crippen LogP contribution in [0.1, 0.15) is 10.4 Å². The van der Waals surface area contributed by atoms with E-state index >= 15 is 0 Å². The number of carbonyl (C=O) groups excluding carboxylic acids is 1. The molecule has 0 unspecified atom stereocenters. The maximum atomic E-state index is 12.3. The number of hydrogen-bond acceptors (Lipinski definition) is 2. The van der Waals surface area contributed by atoms with Crippen LogP contribution < -0.4 is 0 Å². The molecule has 3 rings (SSSR count). The van der Waals surface area contributed by atoms with Gasteiger partial charge in [-0.1, -0.05) is 17.7 Å². The summed E-state index contributed by atoms with van der Waals surface area (Å²) in [7, 11) is 0. The molecule has 2 aliphatic rings. The van der Waals surface area contributed by atoms with Crippen molar-refractivity contribution in [2.24, 2.45) is 11.8 Å². The lowest BCUT2D eigenvalue weighted by molar-refractivity contribution is 0.0751. The van der Waals surface area contributed by atoms with Gasteiger partial charge < -0.3 is 9.64 Å². The molecule has 90 valence electrons. The van der Waals surface area contributed by atoms with Crippen molar-refractivity contribution in [1.29, 1.82) is 0 Å². The van der Waals surface area contributed by atoms with Crippen LogP contribution in [-0.4, -0.2) is 37.1 Å². The molecule has 2 saturated heterocycles. The first kappa shape index (κ1) is 11.1. The number of carbonyl (C=O) groups is 1. The van der Waals surface area contributed by atoms with Gasteiger partial charge >= 0.3 is 0 Å². The lowest BCUT2D eigenvalue weighted by Crippen LogP contribution is -2.30. The van der Waals surface area contributed by atoms with E-state index in [2.05, 4.69) is 0 Å². The normalized spacial score (nSPS) is 27.2. The van der Waals surface area contributed by atoms with Gasteiger partial charge in [-0.05, 0) is 18.2 Å². The molecule has 0 aromatic heterocycles. The largest absolute Gasteiger partial charge is 0.381 e. The third-order valence-corrected chi connectivity index (χ3v) is 3.83. The van der Waals surface area contributed by atoms with Gasteiger partial charge in [0.25, 0.3) is 5.91 Å². The fourth-order valence-electron chi connectivity index (χ4n) is 2.66. The predicted molar refractivity (Wildman–Crippen MR) is 65.2 cm³/mol. The smallest absolute Gasteiger partial charge is 0.253 e. The number of fused-ring (bicyclic) bond motifs is 1. The molecule has 3 nitrogen and oxygen atoms in total. The Morgan fingerprint density at radius 3 is 2.65 bits per heavy atom. The van der Waals surface area contributed by atoms with E-state index in [1.165, 1.54) is 0 Å². The molecule has 2 heterocycles. The van der Waals surface area contributed by atoms with E-state index in [1.54, 1.807) is 12.1 Å². The lowest BCUT2D eigenvalue weighted by atomic mass is 10.0. The molecule has 1 aromatic rings. The Morgan fingerprint density at radius 2 is 2.00 bits per heavy atom. The Kier molecular flexibility index (Phi) is 2.81. The van der Waals surface area contributed by atoms with Gasteiger partial charge in [-0.25, -0.2) is 0 Å². The third kappa shape index (κ3) is 2.05. The van der Waals surface area contributed by atoms with Crippen LogP contribution in [0.3, 0.4) is 0 Å². The molecule has 0 radical (unpaired) electrons. The van der Waals surface area contributed by atoms with Gasteiger partial charge in [-0.15, -0.1) is 0 Å². The van der Waals surface area contributed by atoms with Gasteiger partial charge in [0.2, 0.25) is 0 Å². The minimum atomic E-state index is 0.0851. The number of hydrogen-bond donors (Lipinski definition) is 0. The molecule has 1 aromatic carbocycles. The fraction of sp³-hybridized carbons (Fsp3) is 0.462. The van der Waals surface area contributed by atoms with E-state index in [0.717, 1.165) is 26.3 Å². The zero-order valence-corrected chi connectivity index (χ0v) is 10.2. The van der Waals surface area contributed by atoms with Crippen molar-refractivity contribution < 1.29 is 9.53 Å². The molecule has 0 bridgehead atoms. The molecule has 0 saturated carbocycles. The molecular formula is C13H14ClNO2. The molecule has 0 spiro atoms. The number of likely N-dealkylation sites (tertiary alicyclic amines) is 1. The molecule has 2 atom stereocenters. The summed E-state index contributed by atoms with van der Waals surface area (Å²) in [4.78, 5) is 14.2. The minimum absolute atomic E-state index is 0.0851. The second-order valence-electron chi connectivity index (χ2n) is 4.78. The third-order valence-electron chi connectivity index (χ3n) is 3.60. The number of rotatable bonds is 1. The SMILES string of the molecule is O=C(c1cccc(Cl)c1)N1C[C@H]2COC[C@H]2C1. The van der Waals surface area contributed by atoms with Crippen molar-refractivity contribution in [3.05, 3.63) is 34.9 Å². The molecule has 0 aliphatic carbocycles. The van der Waals surface area contributed by atoms with E-state index in [4.69, 9.17) is 16.3 Å². The number of halogens is 1. The summed E-state index contributed by atoms with van der Waals surface area (Å²) in [5, 5.41) is 0.610. The quantitative estimate of drug-likeness (QED) is 0.765. The van der Waals surface area contributed by atoms with Crippen LogP contribution in [0.2, 0.25) is 5.02 Å². The van der Waals surface area contributed by atoms with Crippen LogP contribution in [0.25, 0.3) is 0 Å². The summed E-state index contributed by atoms with van der Waals surface area (Å²) in [5.74, 6) is 1.14. The highest BCUT2D eigenvalue weighted by atomic mass is 35.5. The Hall–Kier alpha value is -1.06. The van der Waals surface area contributed by atoms with Gasteiger partial charge in [-0.2, -0.15) is 0 Å². The fourth-order valence-corrected chi connectivity index (χ4v) is 2.85. The summed E-state index contributed by atoms with van der Waals surface area (Å²) in [6, 6.07) is 7.15. The summed E-state index contributed by atoms with van der Waals surface area (Å²) >= 11 is 5.90. The number of benzene rings is 1. The van der Waals surface area contributed by atoms with Crippen molar-refractivity contribution in [1.82, 2.24) is 4.90 Å². The Labute approximate surface area is 105 Å². The summed E-state index contributed by atoms with van der Waals surface area (Å²) in [6.07, 6.45) is 0. The lowest BCUT2D eigenvalue weighted by Gasteiger charge is -2.17. The van der Waals surface area contributed by atoms with Crippen LogP contribution in [0, 0.1) is 11.8 Å². The van der Waals surface area contributed by atoms with Gasteiger partial charge in [0.1, 0.15) is 0 Å². The van der Waals surface area contributed by atoms with Gasteiger partial charge in [-0.3, -0.25) is 4.79 Å². The number of ether oxygens (including phenoxy) is 1. The van der Waals surface area contributed by atoms with Crippen molar-refractivity contribution >= 4 is 17.5 Å². The van der Waals surface area contributed by atoms with E-state index in [9.17, 15) is 4.79 Å². The van der Waals surface area contributed by atoms with Gasteiger partial charge in [0.05, 0.1) is 13.2 Å². The van der Waals surface area contributed by atoms with Crippen LogP contribution >= 0.6 is 11.6 Å². The first-order valence-corrected chi connectivity index (χ1v) is 6.24. The summed E-state index contributed by atoms with van der Waals surface area (Å²) in [6.45, 7) is 3.22. The monoisotopic (exact) mass is 251 g/mol. The standard InChI is InChI=1S/C13H14ClNO2/c14-12-3-1-2-9(4-12)13(16)15-5-10-7-17-8-11(10)6-15/h1-4,10-11H,5-8H2/t10-,11+. The van der Waals surface area contributed by atoms with Crippen LogP contribution in [0.4, 0.5) is 0 Å². The molecule has 0 N–H and O–H groups in total. The van der Waals surface area contributed by atoms with Crippen LogP contribution in [0.15, 0.2) is 24.3 Å². The first-order chi connectivity index (χ1) is 8.24. The highest BCUT2D eigenvalue weighted by Gasteiger charge is 2.39. The van der Waals surface area contributed by atoms with Crippen molar-refractivity contribution in [2.75, 3.05) is 26.3 Å². The van der Waals surface area contributed by atoms with Crippen LogP contribution in [0.5, 0.6) is 0 Å². The van der Waals surface area contributed by atoms with Gasteiger partial charge in [0.15, 0.2) is 0 Å². The maximum Gasteiger partial charge on any atom is 0.253 e. The second kappa shape index (κ2) is 4.31. The molecule has 2 fully saturated rings. The van der Waals surface area contributed by atoms with Crippen molar-refractivity contribution in [3.63, 3.8) is 0 Å². The Balaban J connectivity index is 1.75. The van der Waals surface area contributed by atoms with Gasteiger partial charge in [0, 0.05) is 35.5 Å². The summed E-state index contributed by atoms with van der Waals surface area (Å²) < 4.78 is 5.41. The molecule has 2 aliphatic heterocycles.